The molecule has 36 heavy (non-hydrogen) atoms. The second-order valence-electron chi connectivity index (χ2n) is 8.18. The van der Waals surface area contributed by atoms with E-state index in [0.29, 0.717) is 0 Å². The summed E-state index contributed by atoms with van der Waals surface area (Å²) in [4.78, 5) is 58.2. The summed E-state index contributed by atoms with van der Waals surface area (Å²) in [6, 6.07) is 15.0. The summed E-state index contributed by atoms with van der Waals surface area (Å²) in [6.45, 7) is 0.648. The van der Waals surface area contributed by atoms with E-state index in [1.54, 1.807) is 0 Å². The van der Waals surface area contributed by atoms with Crippen molar-refractivity contribution in [3.05, 3.63) is 59.7 Å². The maximum atomic E-state index is 12.2. The topological polar surface area (TPSA) is 163 Å². The molecule has 11 nitrogen and oxygen atoms in total. The van der Waals surface area contributed by atoms with E-state index in [0.717, 1.165) is 22.3 Å². The highest BCUT2D eigenvalue weighted by molar-refractivity contribution is 5.89. The minimum absolute atomic E-state index is 0.0253. The molecule has 1 unspecified atom stereocenters. The van der Waals surface area contributed by atoms with Gasteiger partial charge in [0.15, 0.2) is 0 Å². The number of hydrogen-bond donors (Lipinski definition) is 5. The van der Waals surface area contributed by atoms with Crippen LogP contribution in [0.15, 0.2) is 48.5 Å². The van der Waals surface area contributed by atoms with E-state index in [4.69, 9.17) is 9.84 Å². The van der Waals surface area contributed by atoms with Crippen LogP contribution in [0.1, 0.15) is 30.4 Å². The number of aliphatic carboxylic acids is 1. The molecule has 0 radical (unpaired) electrons. The Hall–Kier alpha value is -4.41. The summed E-state index contributed by atoms with van der Waals surface area (Å²) in [5, 5.41) is 17.9. The molecule has 1 atom stereocenters. The number of carbonyl (C=O) groups is 5. The maximum absolute atomic E-state index is 12.2. The number of carboxylic acid groups (broad SMARTS) is 1. The number of alkyl carbamates (subject to hydrolysis) is 1. The van der Waals surface area contributed by atoms with E-state index in [-0.39, 0.29) is 32.0 Å². The zero-order valence-corrected chi connectivity index (χ0v) is 19.7. The average molecular weight is 497 g/mol. The van der Waals surface area contributed by atoms with Gasteiger partial charge in [-0.25, -0.2) is 4.79 Å². The molecule has 1 aliphatic rings. The largest absolute Gasteiger partial charge is 0.480 e. The molecule has 2 aromatic rings. The first kappa shape index (κ1) is 26.2. The number of carbonyl (C=O) groups excluding carboxylic acids is 4. The summed E-state index contributed by atoms with van der Waals surface area (Å²) < 4.78 is 5.37. The van der Waals surface area contributed by atoms with E-state index >= 15 is 0 Å². The second-order valence-corrected chi connectivity index (χ2v) is 8.18. The number of benzene rings is 2. The Kier molecular flexibility index (Phi) is 8.98. The molecule has 0 heterocycles. The minimum Gasteiger partial charge on any atom is -0.480 e. The van der Waals surface area contributed by atoms with E-state index in [1.165, 1.54) is 6.92 Å². The smallest absolute Gasteiger partial charge is 0.407 e. The maximum Gasteiger partial charge on any atom is 0.407 e. The molecule has 11 heteroatoms. The van der Waals surface area contributed by atoms with Gasteiger partial charge in [-0.1, -0.05) is 48.5 Å². The van der Waals surface area contributed by atoms with Crippen molar-refractivity contribution in [3.8, 4) is 11.1 Å². The van der Waals surface area contributed by atoms with Crippen molar-refractivity contribution in [2.45, 2.75) is 25.3 Å². The van der Waals surface area contributed by atoms with Crippen LogP contribution in [0, 0.1) is 0 Å². The van der Waals surface area contributed by atoms with E-state index in [2.05, 4.69) is 21.3 Å². The van der Waals surface area contributed by atoms with Gasteiger partial charge in [-0.3, -0.25) is 19.2 Å². The summed E-state index contributed by atoms with van der Waals surface area (Å²) >= 11 is 0. The zero-order valence-electron chi connectivity index (χ0n) is 19.7. The summed E-state index contributed by atoms with van der Waals surface area (Å²) in [6.07, 6.45) is -0.861. The van der Waals surface area contributed by atoms with Gasteiger partial charge in [-0.15, -0.1) is 0 Å². The van der Waals surface area contributed by atoms with Crippen molar-refractivity contribution in [2.75, 3.05) is 26.2 Å². The number of amides is 4. The lowest BCUT2D eigenvalue weighted by molar-refractivity contribution is -0.138. The van der Waals surface area contributed by atoms with Crippen LogP contribution in [0.5, 0.6) is 0 Å². The van der Waals surface area contributed by atoms with Gasteiger partial charge in [0, 0.05) is 18.9 Å². The van der Waals surface area contributed by atoms with Crippen LogP contribution in [-0.2, 0) is 23.9 Å². The highest BCUT2D eigenvalue weighted by Crippen LogP contribution is 2.44. The van der Waals surface area contributed by atoms with Crippen LogP contribution in [0.25, 0.3) is 11.1 Å². The highest BCUT2D eigenvalue weighted by Gasteiger charge is 2.29. The van der Waals surface area contributed by atoms with Crippen molar-refractivity contribution in [2.24, 2.45) is 0 Å². The Morgan fingerprint density at radius 2 is 1.47 bits per heavy atom. The van der Waals surface area contributed by atoms with Crippen LogP contribution in [0.3, 0.4) is 0 Å². The van der Waals surface area contributed by atoms with Crippen LogP contribution in [0.2, 0.25) is 0 Å². The van der Waals surface area contributed by atoms with Gasteiger partial charge in [-0.05, 0) is 29.2 Å². The van der Waals surface area contributed by atoms with Gasteiger partial charge in [0.2, 0.25) is 17.7 Å². The predicted molar refractivity (Wildman–Crippen MR) is 129 cm³/mol. The highest BCUT2D eigenvalue weighted by atomic mass is 16.5. The van der Waals surface area contributed by atoms with E-state index < -0.39 is 42.4 Å². The number of hydrogen-bond acceptors (Lipinski definition) is 6. The number of fused-ring (bicyclic) bond motifs is 3. The Bertz CT molecular complexity index is 1110. The van der Waals surface area contributed by atoms with Crippen molar-refractivity contribution in [1.29, 1.82) is 0 Å². The Labute approximate surface area is 207 Å². The lowest BCUT2D eigenvalue weighted by Gasteiger charge is -2.16. The molecule has 4 amide bonds. The van der Waals surface area contributed by atoms with Crippen LogP contribution in [0.4, 0.5) is 4.79 Å². The van der Waals surface area contributed by atoms with Gasteiger partial charge < -0.3 is 31.1 Å². The van der Waals surface area contributed by atoms with Crippen molar-refractivity contribution in [1.82, 2.24) is 21.3 Å². The third-order valence-corrected chi connectivity index (χ3v) is 5.60. The fraction of sp³-hybridized carbons (Fsp3) is 0.320. The van der Waals surface area contributed by atoms with E-state index in [1.807, 2.05) is 48.5 Å². The Morgan fingerprint density at radius 3 is 2.08 bits per heavy atom. The van der Waals surface area contributed by atoms with Crippen LogP contribution >= 0.6 is 0 Å². The van der Waals surface area contributed by atoms with Gasteiger partial charge in [-0.2, -0.15) is 0 Å². The second kappa shape index (κ2) is 12.3. The van der Waals surface area contributed by atoms with Gasteiger partial charge >= 0.3 is 12.1 Å². The number of carboxylic acids is 1. The molecule has 0 bridgehead atoms. The van der Waals surface area contributed by atoms with Gasteiger partial charge in [0.1, 0.15) is 25.7 Å². The molecule has 0 saturated heterocycles. The molecule has 3 rings (SSSR count). The van der Waals surface area contributed by atoms with E-state index in [9.17, 15) is 24.0 Å². The normalized spacial score (nSPS) is 12.5. The summed E-state index contributed by atoms with van der Waals surface area (Å²) in [5.41, 5.74) is 4.36. The molecule has 0 saturated carbocycles. The van der Waals surface area contributed by atoms with Gasteiger partial charge in [0.05, 0.1) is 0 Å². The van der Waals surface area contributed by atoms with Gasteiger partial charge in [0.25, 0.3) is 0 Å². The minimum atomic E-state index is -1.17. The first-order chi connectivity index (χ1) is 17.3. The monoisotopic (exact) mass is 496 g/mol. The van der Waals surface area contributed by atoms with Crippen LogP contribution in [-0.4, -0.2) is 67.2 Å². The first-order valence-electron chi connectivity index (χ1n) is 11.4. The third kappa shape index (κ3) is 7.05. The van der Waals surface area contributed by atoms with Crippen molar-refractivity contribution >= 4 is 29.8 Å². The Morgan fingerprint density at radius 1 is 0.861 bits per heavy atom. The molecule has 0 aliphatic heterocycles. The first-order valence-corrected chi connectivity index (χ1v) is 11.4. The lowest BCUT2D eigenvalue weighted by Crippen LogP contribution is -2.48. The van der Waals surface area contributed by atoms with Crippen molar-refractivity contribution in [3.63, 3.8) is 0 Å². The van der Waals surface area contributed by atoms with Crippen LogP contribution < -0.4 is 21.3 Å². The Balaban J connectivity index is 1.37. The molecule has 190 valence electrons. The quantitative estimate of drug-likeness (QED) is 0.306. The molecule has 0 aromatic heterocycles. The molecule has 2 aromatic carbocycles. The molecule has 5 N–H and O–H groups in total. The fourth-order valence-corrected chi connectivity index (χ4v) is 3.87. The summed E-state index contributed by atoms with van der Waals surface area (Å²) in [7, 11) is 0. The number of ether oxygens (including phenoxy) is 1. The molecular weight excluding hydrogens is 468 g/mol. The fourth-order valence-electron chi connectivity index (χ4n) is 3.87. The molecule has 0 spiro atoms. The number of nitrogens with one attached hydrogen (secondary N) is 4. The average Bonchev–Trinajstić information content (AvgIpc) is 3.18. The zero-order chi connectivity index (χ0) is 26.1. The third-order valence-electron chi connectivity index (χ3n) is 5.60. The predicted octanol–water partition coefficient (Wildman–Crippen LogP) is 0.737. The summed E-state index contributed by atoms with van der Waals surface area (Å²) in [5.74, 6) is -2.93. The SMILES string of the molecule is CC(NC(=O)CNC(=O)OCC1c2ccccc2-c2ccccc21)C(=O)NCCC(=O)NCC(=O)O. The molecular formula is C25H28N4O7. The van der Waals surface area contributed by atoms with Crippen molar-refractivity contribution < 1.29 is 33.8 Å². The lowest BCUT2D eigenvalue weighted by atomic mass is 9.98. The number of rotatable bonds is 11. The standard InChI is InChI=1S/C25H28N4O7/c1-15(24(34)26-11-10-21(30)27-13-23(32)33)29-22(31)12-28-25(35)36-14-20-18-8-4-2-6-16(18)17-7-3-5-9-19(17)20/h2-9,15,20H,10-14H2,1H3,(H,26,34)(H,27,30)(H,28,35)(H,29,31)(H,32,33). The molecule has 0 fully saturated rings. The molecule has 1 aliphatic carbocycles.